The molecule has 0 fully saturated rings. The highest BCUT2D eigenvalue weighted by Gasteiger charge is 2.14. The minimum Gasteiger partial charge on any atom is -0.393 e. The van der Waals surface area contributed by atoms with E-state index in [1.165, 1.54) is 0 Å². The molecule has 2 N–H and O–H groups in total. The van der Waals surface area contributed by atoms with Crippen LogP contribution in [0.2, 0.25) is 0 Å². The van der Waals surface area contributed by atoms with E-state index in [4.69, 9.17) is 0 Å². The highest BCUT2D eigenvalue weighted by atomic mass is 16.3. The predicted molar refractivity (Wildman–Crippen MR) is 60.2 cm³/mol. The molecule has 0 rings (SSSR count). The minimum absolute atomic E-state index is 0.315. The SMILES string of the molecule is CCCC(O)CC(O)CC(CC)CC. The van der Waals surface area contributed by atoms with E-state index in [9.17, 15) is 10.2 Å². The molecule has 0 aromatic carbocycles. The number of hydrogen-bond donors (Lipinski definition) is 2. The van der Waals surface area contributed by atoms with E-state index in [1.54, 1.807) is 0 Å². The molecule has 0 radical (unpaired) electrons. The summed E-state index contributed by atoms with van der Waals surface area (Å²) in [6.07, 6.45) is 4.79. The Morgan fingerprint density at radius 3 is 1.86 bits per heavy atom. The Kier molecular flexibility index (Phi) is 8.20. The van der Waals surface area contributed by atoms with E-state index in [-0.39, 0.29) is 12.2 Å². The maximum Gasteiger partial charge on any atom is 0.0567 e. The first kappa shape index (κ1) is 13.9. The Morgan fingerprint density at radius 1 is 0.857 bits per heavy atom. The summed E-state index contributed by atoms with van der Waals surface area (Å²) in [5.41, 5.74) is 0. The number of hydrogen-bond acceptors (Lipinski definition) is 2. The van der Waals surface area contributed by atoms with Crippen LogP contribution in [-0.4, -0.2) is 22.4 Å². The summed E-state index contributed by atoms with van der Waals surface area (Å²) in [5.74, 6) is 0.610. The molecule has 0 saturated heterocycles. The second-order valence-corrected chi connectivity index (χ2v) is 4.25. The summed E-state index contributed by atoms with van der Waals surface area (Å²) >= 11 is 0. The quantitative estimate of drug-likeness (QED) is 0.635. The van der Waals surface area contributed by atoms with Gasteiger partial charge in [0, 0.05) is 0 Å². The van der Waals surface area contributed by atoms with Crippen LogP contribution in [0.1, 0.15) is 59.3 Å². The first-order valence-electron chi connectivity index (χ1n) is 6.00. The van der Waals surface area contributed by atoms with Crippen molar-refractivity contribution >= 4 is 0 Å². The van der Waals surface area contributed by atoms with Gasteiger partial charge in [-0.3, -0.25) is 0 Å². The molecule has 14 heavy (non-hydrogen) atoms. The molecule has 0 amide bonds. The van der Waals surface area contributed by atoms with Gasteiger partial charge >= 0.3 is 0 Å². The lowest BCUT2D eigenvalue weighted by Crippen LogP contribution is -2.20. The van der Waals surface area contributed by atoms with E-state index >= 15 is 0 Å². The largest absolute Gasteiger partial charge is 0.393 e. The molecule has 0 bridgehead atoms. The average Bonchev–Trinajstić information content (AvgIpc) is 2.14. The fourth-order valence-corrected chi connectivity index (χ4v) is 1.87. The average molecular weight is 202 g/mol. The first-order valence-corrected chi connectivity index (χ1v) is 6.00. The highest BCUT2D eigenvalue weighted by Crippen LogP contribution is 2.18. The van der Waals surface area contributed by atoms with Crippen molar-refractivity contribution in [2.75, 3.05) is 0 Å². The van der Waals surface area contributed by atoms with Crippen molar-refractivity contribution in [2.45, 2.75) is 71.5 Å². The van der Waals surface area contributed by atoms with Gasteiger partial charge in [0.1, 0.15) is 0 Å². The second kappa shape index (κ2) is 8.25. The summed E-state index contributed by atoms with van der Waals surface area (Å²) in [6, 6.07) is 0. The third kappa shape index (κ3) is 6.39. The van der Waals surface area contributed by atoms with Crippen molar-refractivity contribution in [3.63, 3.8) is 0 Å². The fourth-order valence-electron chi connectivity index (χ4n) is 1.87. The molecule has 0 aliphatic heterocycles. The molecule has 2 unspecified atom stereocenters. The van der Waals surface area contributed by atoms with Crippen LogP contribution in [0.3, 0.4) is 0 Å². The third-order valence-corrected chi connectivity index (χ3v) is 2.93. The zero-order valence-corrected chi connectivity index (χ0v) is 9.87. The van der Waals surface area contributed by atoms with Crippen LogP contribution < -0.4 is 0 Å². The van der Waals surface area contributed by atoms with E-state index in [0.29, 0.717) is 12.3 Å². The molecule has 0 heterocycles. The van der Waals surface area contributed by atoms with Crippen molar-refractivity contribution in [3.05, 3.63) is 0 Å². The third-order valence-electron chi connectivity index (χ3n) is 2.93. The molecule has 0 aliphatic rings. The van der Waals surface area contributed by atoms with Gasteiger partial charge in [0.25, 0.3) is 0 Å². The Balaban J connectivity index is 3.67. The van der Waals surface area contributed by atoms with Gasteiger partial charge in [-0.2, -0.15) is 0 Å². The van der Waals surface area contributed by atoms with E-state index in [1.807, 2.05) is 0 Å². The standard InChI is InChI=1S/C12H26O2/c1-4-7-11(13)9-12(14)8-10(5-2)6-3/h10-14H,4-9H2,1-3H3. The molecule has 0 aromatic rings. The zero-order chi connectivity index (χ0) is 11.0. The topological polar surface area (TPSA) is 40.5 Å². The number of aliphatic hydroxyl groups is 2. The van der Waals surface area contributed by atoms with Gasteiger partial charge in [0.05, 0.1) is 12.2 Å². The summed E-state index contributed by atoms with van der Waals surface area (Å²) in [7, 11) is 0. The summed E-state index contributed by atoms with van der Waals surface area (Å²) in [4.78, 5) is 0. The van der Waals surface area contributed by atoms with E-state index < -0.39 is 0 Å². The Labute approximate surface area is 88.3 Å². The summed E-state index contributed by atoms with van der Waals surface area (Å²) in [6.45, 7) is 6.36. The molecule has 0 aliphatic carbocycles. The normalized spacial score (nSPS) is 15.9. The van der Waals surface area contributed by atoms with Gasteiger partial charge in [-0.05, 0) is 25.2 Å². The molecule has 0 spiro atoms. The Bertz CT molecular complexity index is 121. The van der Waals surface area contributed by atoms with Crippen LogP contribution in [0.25, 0.3) is 0 Å². The molecular formula is C12H26O2. The van der Waals surface area contributed by atoms with Gasteiger partial charge in [0.2, 0.25) is 0 Å². The minimum atomic E-state index is -0.318. The van der Waals surface area contributed by atoms with Crippen LogP contribution in [0.5, 0.6) is 0 Å². The predicted octanol–water partition coefficient (Wildman–Crippen LogP) is 2.72. The Hall–Kier alpha value is -0.0800. The van der Waals surface area contributed by atoms with Gasteiger partial charge in [-0.15, -0.1) is 0 Å². The lowest BCUT2D eigenvalue weighted by atomic mass is 9.93. The Morgan fingerprint density at radius 2 is 1.43 bits per heavy atom. The van der Waals surface area contributed by atoms with E-state index in [0.717, 1.165) is 32.1 Å². The molecule has 2 nitrogen and oxygen atoms in total. The van der Waals surface area contributed by atoms with Gasteiger partial charge in [0.15, 0.2) is 0 Å². The van der Waals surface area contributed by atoms with Crippen LogP contribution in [0.15, 0.2) is 0 Å². The van der Waals surface area contributed by atoms with Crippen molar-refractivity contribution in [1.82, 2.24) is 0 Å². The monoisotopic (exact) mass is 202 g/mol. The molecule has 2 atom stereocenters. The lowest BCUT2D eigenvalue weighted by molar-refractivity contribution is 0.0601. The van der Waals surface area contributed by atoms with Crippen molar-refractivity contribution in [1.29, 1.82) is 0 Å². The highest BCUT2D eigenvalue weighted by molar-refractivity contribution is 4.67. The smallest absolute Gasteiger partial charge is 0.0567 e. The van der Waals surface area contributed by atoms with Gasteiger partial charge in [-0.1, -0.05) is 40.0 Å². The molecule has 86 valence electrons. The molecule has 2 heteroatoms. The van der Waals surface area contributed by atoms with E-state index in [2.05, 4.69) is 20.8 Å². The van der Waals surface area contributed by atoms with Crippen molar-refractivity contribution < 1.29 is 10.2 Å². The summed E-state index contributed by atoms with van der Waals surface area (Å²) in [5, 5.41) is 19.2. The molecule has 0 aromatic heterocycles. The first-order chi connectivity index (χ1) is 6.63. The molecular weight excluding hydrogens is 176 g/mol. The van der Waals surface area contributed by atoms with Crippen molar-refractivity contribution in [2.24, 2.45) is 5.92 Å². The van der Waals surface area contributed by atoms with Crippen LogP contribution >= 0.6 is 0 Å². The van der Waals surface area contributed by atoms with Gasteiger partial charge < -0.3 is 10.2 Å². The van der Waals surface area contributed by atoms with Crippen LogP contribution in [0, 0.1) is 5.92 Å². The lowest BCUT2D eigenvalue weighted by Gasteiger charge is -2.19. The maximum atomic E-state index is 9.72. The number of rotatable bonds is 8. The zero-order valence-electron chi connectivity index (χ0n) is 9.87. The fraction of sp³-hybridized carbons (Fsp3) is 1.00. The van der Waals surface area contributed by atoms with Gasteiger partial charge in [-0.25, -0.2) is 0 Å². The van der Waals surface area contributed by atoms with Crippen LogP contribution in [-0.2, 0) is 0 Å². The number of aliphatic hydroxyl groups excluding tert-OH is 2. The van der Waals surface area contributed by atoms with Crippen molar-refractivity contribution in [3.8, 4) is 0 Å². The summed E-state index contributed by atoms with van der Waals surface area (Å²) < 4.78 is 0. The molecule has 0 saturated carbocycles. The maximum absolute atomic E-state index is 9.72. The van der Waals surface area contributed by atoms with Crippen LogP contribution in [0.4, 0.5) is 0 Å². The second-order valence-electron chi connectivity index (χ2n) is 4.25.